The molecular weight excluding hydrogens is 653 g/mol. The van der Waals surface area contributed by atoms with E-state index in [1.54, 1.807) is 0 Å². The van der Waals surface area contributed by atoms with Gasteiger partial charge in [-0.05, 0) is 156 Å². The normalized spacial score (nSPS) is 11.0. The summed E-state index contributed by atoms with van der Waals surface area (Å²) >= 11 is 0. The van der Waals surface area contributed by atoms with Gasteiger partial charge in [0, 0.05) is 34.1 Å². The Labute approximate surface area is 320 Å². The van der Waals surface area contributed by atoms with Crippen LogP contribution in [0.2, 0.25) is 0 Å². The van der Waals surface area contributed by atoms with Crippen LogP contribution >= 0.6 is 0 Å². The molecule has 8 aromatic carbocycles. The average molecular weight is 697 g/mol. The maximum atomic E-state index is 2.37. The minimum atomic E-state index is 1.13. The fourth-order valence-electron chi connectivity index (χ4n) is 7.52. The number of nitrogens with zero attached hydrogens (tertiary/aromatic N) is 2. The van der Waals surface area contributed by atoms with Gasteiger partial charge in [-0.25, -0.2) is 0 Å². The highest BCUT2D eigenvalue weighted by Gasteiger charge is 2.18. The zero-order valence-corrected chi connectivity index (χ0v) is 31.4. The minimum Gasteiger partial charge on any atom is -0.310 e. The lowest BCUT2D eigenvalue weighted by Crippen LogP contribution is -2.11. The highest BCUT2D eigenvalue weighted by Crippen LogP contribution is 2.42. The molecule has 0 aliphatic heterocycles. The molecule has 0 aliphatic rings. The smallest absolute Gasteiger partial charge is 0.0467 e. The molecule has 0 N–H and O–H groups in total. The van der Waals surface area contributed by atoms with Gasteiger partial charge in [0.1, 0.15) is 0 Å². The molecule has 0 amide bonds. The Morgan fingerprint density at radius 2 is 0.593 bits per heavy atom. The van der Waals surface area contributed by atoms with Crippen molar-refractivity contribution in [1.29, 1.82) is 0 Å². The van der Waals surface area contributed by atoms with Crippen LogP contribution in [0, 0.1) is 27.7 Å². The summed E-state index contributed by atoms with van der Waals surface area (Å²) < 4.78 is 0. The summed E-state index contributed by atoms with van der Waals surface area (Å²) in [6, 6.07) is 70.2. The lowest BCUT2D eigenvalue weighted by atomic mass is 9.95. The Morgan fingerprint density at radius 1 is 0.259 bits per heavy atom. The number of hydrogen-bond acceptors (Lipinski definition) is 2. The Hall–Kier alpha value is -6.64. The van der Waals surface area contributed by atoms with Gasteiger partial charge in [0.2, 0.25) is 0 Å². The van der Waals surface area contributed by atoms with E-state index in [0.29, 0.717) is 0 Å². The molecule has 0 saturated carbocycles. The van der Waals surface area contributed by atoms with Crippen molar-refractivity contribution in [1.82, 2.24) is 0 Å². The summed E-state index contributed by atoms with van der Waals surface area (Å²) in [4.78, 5) is 4.74. The van der Waals surface area contributed by atoms with Gasteiger partial charge < -0.3 is 9.80 Å². The molecule has 54 heavy (non-hydrogen) atoms. The first-order valence-corrected chi connectivity index (χ1v) is 18.7. The monoisotopic (exact) mass is 696 g/mol. The molecular formula is C52H44N2. The highest BCUT2D eigenvalue weighted by molar-refractivity contribution is 5.85. The van der Waals surface area contributed by atoms with Gasteiger partial charge in [0.15, 0.2) is 0 Å². The molecule has 0 atom stereocenters. The quantitative estimate of drug-likeness (QED) is 0.148. The van der Waals surface area contributed by atoms with Crippen LogP contribution in [0.5, 0.6) is 0 Å². The molecule has 0 bridgehead atoms. The maximum absolute atomic E-state index is 2.37. The Morgan fingerprint density at radius 3 is 0.963 bits per heavy atom. The molecule has 0 unspecified atom stereocenters. The number of anilines is 6. The molecule has 0 saturated heterocycles. The molecule has 8 rings (SSSR count). The molecule has 0 heterocycles. The van der Waals surface area contributed by atoms with Crippen molar-refractivity contribution in [2.24, 2.45) is 0 Å². The van der Waals surface area contributed by atoms with Gasteiger partial charge in [-0.3, -0.25) is 0 Å². The van der Waals surface area contributed by atoms with Crippen LogP contribution in [0.4, 0.5) is 34.1 Å². The third-order valence-corrected chi connectivity index (χ3v) is 10.2. The van der Waals surface area contributed by atoms with Crippen LogP contribution in [0.25, 0.3) is 33.4 Å². The van der Waals surface area contributed by atoms with Crippen molar-refractivity contribution in [3.63, 3.8) is 0 Å². The number of aryl methyl sites for hydroxylation is 4. The summed E-state index contributed by atoms with van der Waals surface area (Å²) in [6.07, 6.45) is 0. The molecule has 2 heteroatoms. The molecule has 8 aromatic rings. The molecule has 0 fully saturated rings. The number of hydrogen-bond donors (Lipinski definition) is 0. The van der Waals surface area contributed by atoms with E-state index in [9.17, 15) is 0 Å². The second kappa shape index (κ2) is 15.1. The van der Waals surface area contributed by atoms with E-state index in [1.807, 2.05) is 0 Å². The Kier molecular flexibility index (Phi) is 9.66. The third-order valence-electron chi connectivity index (χ3n) is 10.2. The van der Waals surface area contributed by atoms with Crippen LogP contribution in [0.3, 0.4) is 0 Å². The van der Waals surface area contributed by atoms with Crippen LogP contribution < -0.4 is 9.80 Å². The first kappa shape index (κ1) is 34.4. The van der Waals surface area contributed by atoms with E-state index in [4.69, 9.17) is 0 Å². The predicted octanol–water partition coefficient (Wildman–Crippen LogP) is 14.9. The second-order valence-electron chi connectivity index (χ2n) is 14.2. The largest absolute Gasteiger partial charge is 0.310 e. The SMILES string of the molecule is Cc1cccc(N(c2cccc(-c3ccccc3)c2)c2ccc(-c3ccc(N(c4cccc(C)c4)c4cccc(-c5ccccc5)c4)cc3C)c(C)c2)c1. The van der Waals surface area contributed by atoms with E-state index in [0.717, 1.165) is 34.1 Å². The average Bonchev–Trinajstić information content (AvgIpc) is 3.20. The molecule has 262 valence electrons. The fraction of sp³-hybridized carbons (Fsp3) is 0.0769. The van der Waals surface area contributed by atoms with Crippen molar-refractivity contribution >= 4 is 34.1 Å². The van der Waals surface area contributed by atoms with Crippen molar-refractivity contribution in [3.8, 4) is 33.4 Å². The summed E-state index contributed by atoms with van der Waals surface area (Å²) in [5.74, 6) is 0. The molecule has 2 nitrogen and oxygen atoms in total. The van der Waals surface area contributed by atoms with Gasteiger partial charge >= 0.3 is 0 Å². The Bertz CT molecular complexity index is 2370. The fourth-order valence-corrected chi connectivity index (χ4v) is 7.52. The molecule has 0 aromatic heterocycles. The second-order valence-corrected chi connectivity index (χ2v) is 14.2. The zero-order chi connectivity index (χ0) is 37.0. The summed E-state index contributed by atoms with van der Waals surface area (Å²) in [6.45, 7) is 8.77. The predicted molar refractivity (Wildman–Crippen MR) is 231 cm³/mol. The lowest BCUT2D eigenvalue weighted by Gasteiger charge is -2.28. The third kappa shape index (κ3) is 7.20. The van der Waals surface area contributed by atoms with E-state index < -0.39 is 0 Å². The van der Waals surface area contributed by atoms with Crippen LogP contribution in [0.1, 0.15) is 22.3 Å². The summed E-state index contributed by atoms with van der Waals surface area (Å²) in [5, 5.41) is 0. The maximum Gasteiger partial charge on any atom is 0.0467 e. The highest BCUT2D eigenvalue weighted by atomic mass is 15.1. The van der Waals surface area contributed by atoms with Gasteiger partial charge in [-0.2, -0.15) is 0 Å². The molecule has 0 spiro atoms. The van der Waals surface area contributed by atoms with E-state index in [2.05, 4.69) is 232 Å². The first-order chi connectivity index (χ1) is 26.4. The van der Waals surface area contributed by atoms with Gasteiger partial charge in [0.25, 0.3) is 0 Å². The van der Waals surface area contributed by atoms with E-state index >= 15 is 0 Å². The van der Waals surface area contributed by atoms with Crippen molar-refractivity contribution in [3.05, 3.63) is 216 Å². The summed E-state index contributed by atoms with van der Waals surface area (Å²) in [7, 11) is 0. The Balaban J connectivity index is 1.17. The lowest BCUT2D eigenvalue weighted by molar-refractivity contribution is 1.25. The topological polar surface area (TPSA) is 6.48 Å². The van der Waals surface area contributed by atoms with Crippen molar-refractivity contribution < 1.29 is 0 Å². The number of rotatable bonds is 9. The van der Waals surface area contributed by atoms with Gasteiger partial charge in [-0.1, -0.05) is 121 Å². The van der Waals surface area contributed by atoms with Crippen molar-refractivity contribution in [2.45, 2.75) is 27.7 Å². The zero-order valence-electron chi connectivity index (χ0n) is 31.4. The summed E-state index contributed by atoms with van der Waals surface area (Å²) in [5.41, 5.74) is 19.0. The first-order valence-electron chi connectivity index (χ1n) is 18.7. The van der Waals surface area contributed by atoms with Gasteiger partial charge in [0.05, 0.1) is 0 Å². The standard InChI is InChI=1S/C52H44N2/c1-37-15-11-23-45(31-37)53(47-25-13-21-43(35-47)41-17-7-5-8-18-41)49-27-29-51(39(3)33-49)52-30-28-50(34-40(52)4)54(46-24-12-16-38(2)32-46)48-26-14-22-44(36-48)42-19-9-6-10-20-42/h5-36H,1-4H3. The minimum absolute atomic E-state index is 1.13. The van der Waals surface area contributed by atoms with E-state index in [1.165, 1.54) is 55.6 Å². The van der Waals surface area contributed by atoms with Crippen LogP contribution in [0.15, 0.2) is 194 Å². The number of benzene rings is 8. The van der Waals surface area contributed by atoms with Gasteiger partial charge in [-0.15, -0.1) is 0 Å². The molecule has 0 radical (unpaired) electrons. The molecule has 0 aliphatic carbocycles. The van der Waals surface area contributed by atoms with Crippen molar-refractivity contribution in [2.75, 3.05) is 9.80 Å². The van der Waals surface area contributed by atoms with Crippen LogP contribution in [-0.4, -0.2) is 0 Å². The van der Waals surface area contributed by atoms with Crippen LogP contribution in [-0.2, 0) is 0 Å². The van der Waals surface area contributed by atoms with E-state index in [-0.39, 0.29) is 0 Å².